The van der Waals surface area contributed by atoms with Crippen molar-refractivity contribution in [2.45, 2.75) is 39.3 Å². The van der Waals surface area contributed by atoms with Gasteiger partial charge in [0.2, 0.25) is 0 Å². The summed E-state index contributed by atoms with van der Waals surface area (Å²) in [6.45, 7) is 6.41. The Balaban J connectivity index is 2.01. The molecule has 2 N–H and O–H groups in total. The van der Waals surface area contributed by atoms with Crippen molar-refractivity contribution in [2.24, 2.45) is 5.41 Å². The van der Waals surface area contributed by atoms with E-state index in [0.717, 1.165) is 23.4 Å². The number of hydrogen-bond donors (Lipinski definition) is 1. The minimum atomic E-state index is 0.00705. The summed E-state index contributed by atoms with van der Waals surface area (Å²) in [4.78, 5) is 0. The summed E-state index contributed by atoms with van der Waals surface area (Å²) in [6, 6.07) is 6.04. The van der Waals surface area contributed by atoms with Crippen LogP contribution in [0.15, 0.2) is 18.2 Å². The highest BCUT2D eigenvalue weighted by Gasteiger charge is 2.51. The first-order valence-electron chi connectivity index (χ1n) is 7.12. The molecule has 1 heterocycles. The number of benzene rings is 1. The molecule has 6 nitrogen and oxygen atoms in total. The fraction of sp³-hybridized carbons (Fsp3) is 0.533. The molecule has 1 aliphatic carbocycles. The molecular formula is C15H21N5O. The van der Waals surface area contributed by atoms with E-state index in [9.17, 15) is 0 Å². The Hall–Kier alpha value is -1.95. The normalized spacial score (nSPS) is 23.8. The predicted molar refractivity (Wildman–Crippen MR) is 80.6 cm³/mol. The van der Waals surface area contributed by atoms with Crippen molar-refractivity contribution in [2.75, 3.05) is 12.8 Å². The van der Waals surface area contributed by atoms with Crippen molar-refractivity contribution in [1.82, 2.24) is 20.2 Å². The van der Waals surface area contributed by atoms with Crippen molar-refractivity contribution in [3.8, 4) is 11.4 Å². The first-order chi connectivity index (χ1) is 9.95. The van der Waals surface area contributed by atoms with Gasteiger partial charge >= 0.3 is 0 Å². The molecule has 1 aromatic carbocycles. The molecule has 112 valence electrons. The highest BCUT2D eigenvalue weighted by molar-refractivity contribution is 5.65. The predicted octanol–water partition coefficient (Wildman–Crippen LogP) is 2.22. The Bertz CT molecular complexity index is 664. The van der Waals surface area contributed by atoms with Crippen LogP contribution in [0.4, 0.5) is 5.69 Å². The van der Waals surface area contributed by atoms with E-state index < -0.39 is 0 Å². The van der Waals surface area contributed by atoms with Gasteiger partial charge in [0, 0.05) is 23.8 Å². The molecule has 0 amide bonds. The van der Waals surface area contributed by atoms with E-state index in [1.54, 1.807) is 7.11 Å². The van der Waals surface area contributed by atoms with Gasteiger partial charge < -0.3 is 10.5 Å². The van der Waals surface area contributed by atoms with Gasteiger partial charge in [0.15, 0.2) is 5.82 Å². The van der Waals surface area contributed by atoms with Crippen LogP contribution in [0.25, 0.3) is 11.4 Å². The van der Waals surface area contributed by atoms with Crippen LogP contribution in [0.3, 0.4) is 0 Å². The molecule has 0 radical (unpaired) electrons. The maximum Gasteiger partial charge on any atom is 0.182 e. The Morgan fingerprint density at radius 2 is 2.14 bits per heavy atom. The number of hydrogen-bond acceptors (Lipinski definition) is 5. The van der Waals surface area contributed by atoms with E-state index in [0.29, 0.717) is 5.69 Å². The van der Waals surface area contributed by atoms with Crippen molar-refractivity contribution in [3.05, 3.63) is 23.8 Å². The summed E-state index contributed by atoms with van der Waals surface area (Å²) < 4.78 is 7.43. The number of aromatic nitrogens is 4. The zero-order chi connectivity index (χ0) is 15.2. The second-order valence-electron chi connectivity index (χ2n) is 6.32. The lowest BCUT2D eigenvalue weighted by molar-refractivity contribution is -0.116. The molecule has 21 heavy (non-hydrogen) atoms. The standard InChI is InChI=1S/C15H21N5O/c1-9-5-6-10(16)7-11(9)14-17-18-19-20(14)12-8-13(21-4)15(12,2)3/h5-7,12-13H,8,16H2,1-4H3. The first kappa shape index (κ1) is 14.0. The van der Waals surface area contributed by atoms with Gasteiger partial charge in [0.1, 0.15) is 0 Å². The Kier molecular flexibility index (Phi) is 3.20. The molecule has 1 fully saturated rings. The molecule has 2 atom stereocenters. The Morgan fingerprint density at radius 3 is 2.81 bits per heavy atom. The highest BCUT2D eigenvalue weighted by atomic mass is 16.5. The molecule has 1 aromatic heterocycles. The number of ether oxygens (including phenoxy) is 1. The van der Waals surface area contributed by atoms with Crippen LogP contribution in [-0.2, 0) is 4.74 Å². The van der Waals surface area contributed by atoms with Crippen LogP contribution in [0.2, 0.25) is 0 Å². The molecule has 1 saturated carbocycles. The first-order valence-corrected chi connectivity index (χ1v) is 7.12. The van der Waals surface area contributed by atoms with Gasteiger partial charge in [-0.1, -0.05) is 19.9 Å². The van der Waals surface area contributed by atoms with Crippen LogP contribution in [0.1, 0.15) is 31.9 Å². The number of nitrogens with zero attached hydrogens (tertiary/aromatic N) is 4. The molecule has 0 spiro atoms. The fourth-order valence-corrected chi connectivity index (χ4v) is 3.14. The molecular weight excluding hydrogens is 266 g/mol. The second kappa shape index (κ2) is 4.80. The topological polar surface area (TPSA) is 78.8 Å². The fourth-order valence-electron chi connectivity index (χ4n) is 3.14. The second-order valence-corrected chi connectivity index (χ2v) is 6.32. The average molecular weight is 287 g/mol. The monoisotopic (exact) mass is 287 g/mol. The van der Waals surface area contributed by atoms with E-state index in [2.05, 4.69) is 29.4 Å². The van der Waals surface area contributed by atoms with Gasteiger partial charge in [-0.3, -0.25) is 0 Å². The SMILES string of the molecule is COC1CC(n2nnnc2-c2cc(N)ccc2C)C1(C)C. The lowest BCUT2D eigenvalue weighted by Gasteiger charge is -2.50. The molecule has 6 heteroatoms. The number of anilines is 1. The van der Waals surface area contributed by atoms with Crippen LogP contribution in [0.5, 0.6) is 0 Å². The molecule has 2 aromatic rings. The van der Waals surface area contributed by atoms with E-state index in [4.69, 9.17) is 10.5 Å². The van der Waals surface area contributed by atoms with Crippen molar-refractivity contribution in [3.63, 3.8) is 0 Å². The maximum absolute atomic E-state index is 5.91. The van der Waals surface area contributed by atoms with Crippen LogP contribution in [0, 0.1) is 12.3 Å². The number of nitrogen functional groups attached to an aromatic ring is 1. The van der Waals surface area contributed by atoms with Gasteiger partial charge in [0.05, 0.1) is 12.1 Å². The van der Waals surface area contributed by atoms with Gasteiger partial charge in [-0.25, -0.2) is 4.68 Å². The van der Waals surface area contributed by atoms with Gasteiger partial charge in [-0.05, 0) is 41.5 Å². The molecule has 1 aliphatic rings. The van der Waals surface area contributed by atoms with Gasteiger partial charge in [0.25, 0.3) is 0 Å². The summed E-state index contributed by atoms with van der Waals surface area (Å²) in [5.41, 5.74) is 8.72. The minimum absolute atomic E-state index is 0.00705. The van der Waals surface area contributed by atoms with Crippen LogP contribution >= 0.6 is 0 Å². The quantitative estimate of drug-likeness (QED) is 0.876. The van der Waals surface area contributed by atoms with Crippen molar-refractivity contribution >= 4 is 5.69 Å². The smallest absolute Gasteiger partial charge is 0.182 e. The molecule has 2 unspecified atom stereocenters. The number of rotatable bonds is 3. The van der Waals surface area contributed by atoms with E-state index in [1.807, 2.05) is 29.8 Å². The highest BCUT2D eigenvalue weighted by Crippen LogP contribution is 2.51. The lowest BCUT2D eigenvalue weighted by atomic mass is 9.64. The molecule has 0 aliphatic heterocycles. The Morgan fingerprint density at radius 1 is 1.38 bits per heavy atom. The molecule has 0 saturated heterocycles. The Labute approximate surface area is 124 Å². The minimum Gasteiger partial charge on any atom is -0.399 e. The number of methoxy groups -OCH3 is 1. The van der Waals surface area contributed by atoms with Crippen LogP contribution < -0.4 is 5.73 Å². The van der Waals surface area contributed by atoms with Gasteiger partial charge in [-0.15, -0.1) is 5.10 Å². The summed E-state index contributed by atoms with van der Waals surface area (Å²) in [5, 5.41) is 12.3. The lowest BCUT2D eigenvalue weighted by Crippen LogP contribution is -2.51. The third-order valence-electron chi connectivity index (χ3n) is 4.70. The molecule has 0 bridgehead atoms. The summed E-state index contributed by atoms with van der Waals surface area (Å²) in [6.07, 6.45) is 1.16. The maximum atomic E-state index is 5.91. The van der Waals surface area contributed by atoms with E-state index in [-0.39, 0.29) is 17.6 Å². The molecule has 3 rings (SSSR count). The number of tetrazole rings is 1. The third kappa shape index (κ3) is 2.10. The van der Waals surface area contributed by atoms with Crippen molar-refractivity contribution < 1.29 is 4.74 Å². The average Bonchev–Trinajstić information content (AvgIpc) is 2.89. The number of aryl methyl sites for hydroxylation is 1. The third-order valence-corrected chi connectivity index (χ3v) is 4.70. The largest absolute Gasteiger partial charge is 0.399 e. The van der Waals surface area contributed by atoms with E-state index in [1.165, 1.54) is 0 Å². The summed E-state index contributed by atoms with van der Waals surface area (Å²) in [5.74, 6) is 0.771. The summed E-state index contributed by atoms with van der Waals surface area (Å²) >= 11 is 0. The summed E-state index contributed by atoms with van der Waals surface area (Å²) in [7, 11) is 1.76. The zero-order valence-electron chi connectivity index (χ0n) is 12.9. The van der Waals surface area contributed by atoms with Crippen LogP contribution in [-0.4, -0.2) is 33.4 Å². The number of nitrogens with two attached hydrogens (primary N) is 1. The van der Waals surface area contributed by atoms with Gasteiger partial charge in [-0.2, -0.15) is 0 Å². The van der Waals surface area contributed by atoms with E-state index >= 15 is 0 Å². The zero-order valence-corrected chi connectivity index (χ0v) is 12.9. The van der Waals surface area contributed by atoms with Crippen molar-refractivity contribution in [1.29, 1.82) is 0 Å².